The standard InChI is InChI=1S/C34H20BrCl2N3O3/c35-28-17-25(37)15-23(32(28)42-19-21-8-5-7-20-6-1-2-9-26(20)21)18-38-40-33(39-29-11-4-3-10-27(29)34(40)41)31-16-22-14-24(36)12-13-30(22)43-31/h1-18H,19H2. The fourth-order valence-corrected chi connectivity index (χ4v) is 6.16. The van der Waals surface area contributed by atoms with Crippen molar-refractivity contribution in [3.63, 3.8) is 0 Å². The van der Waals surface area contributed by atoms with E-state index in [1.807, 2.05) is 30.3 Å². The lowest BCUT2D eigenvalue weighted by Crippen LogP contribution is -2.20. The van der Waals surface area contributed by atoms with E-state index in [1.165, 1.54) is 10.9 Å². The van der Waals surface area contributed by atoms with Crippen LogP contribution in [0.3, 0.4) is 0 Å². The Balaban J connectivity index is 1.33. The number of benzene rings is 5. The molecule has 5 aromatic carbocycles. The van der Waals surface area contributed by atoms with Gasteiger partial charge < -0.3 is 9.15 Å². The van der Waals surface area contributed by atoms with Crippen molar-refractivity contribution < 1.29 is 9.15 Å². The second-order valence-electron chi connectivity index (χ2n) is 9.84. The number of fused-ring (bicyclic) bond motifs is 3. The molecule has 0 unspecified atom stereocenters. The minimum absolute atomic E-state index is 0.242. The van der Waals surface area contributed by atoms with E-state index in [-0.39, 0.29) is 11.4 Å². The van der Waals surface area contributed by atoms with Gasteiger partial charge in [0.25, 0.3) is 5.56 Å². The van der Waals surface area contributed by atoms with Crippen LogP contribution >= 0.6 is 39.1 Å². The predicted octanol–water partition coefficient (Wildman–Crippen LogP) is 9.49. The SMILES string of the molecule is O=c1c2ccccc2nc(-c2cc3cc(Cl)ccc3o2)n1N=Cc1cc(Cl)cc(Br)c1OCc1cccc2ccccc12. The molecule has 7 aromatic rings. The van der Waals surface area contributed by atoms with Crippen LogP contribution in [-0.2, 0) is 6.61 Å². The molecule has 0 N–H and O–H groups in total. The Kier molecular flexibility index (Phi) is 7.23. The van der Waals surface area contributed by atoms with Crippen molar-refractivity contribution in [1.82, 2.24) is 9.66 Å². The van der Waals surface area contributed by atoms with E-state index in [2.05, 4.69) is 39.2 Å². The summed E-state index contributed by atoms with van der Waals surface area (Å²) >= 11 is 16.2. The highest BCUT2D eigenvalue weighted by atomic mass is 79.9. The molecule has 0 aliphatic heterocycles. The van der Waals surface area contributed by atoms with Crippen molar-refractivity contribution >= 4 is 78.0 Å². The molecule has 2 aromatic heterocycles. The van der Waals surface area contributed by atoms with Gasteiger partial charge in [0.05, 0.1) is 21.6 Å². The summed E-state index contributed by atoms with van der Waals surface area (Å²) in [7, 11) is 0. The van der Waals surface area contributed by atoms with Gasteiger partial charge in [-0.1, -0.05) is 77.8 Å². The van der Waals surface area contributed by atoms with Crippen LogP contribution in [0, 0.1) is 0 Å². The molecule has 0 radical (unpaired) electrons. The molecule has 0 atom stereocenters. The summed E-state index contributed by atoms with van der Waals surface area (Å²) in [5.41, 5.74) is 2.39. The van der Waals surface area contributed by atoms with Gasteiger partial charge in [0, 0.05) is 21.0 Å². The van der Waals surface area contributed by atoms with Crippen LogP contribution < -0.4 is 10.3 Å². The minimum Gasteiger partial charge on any atom is -0.487 e. The third-order valence-corrected chi connectivity index (χ3v) is 8.10. The van der Waals surface area contributed by atoms with Crippen LogP contribution in [0.2, 0.25) is 10.0 Å². The van der Waals surface area contributed by atoms with Gasteiger partial charge in [-0.2, -0.15) is 9.78 Å². The number of ether oxygens (including phenoxy) is 1. The van der Waals surface area contributed by atoms with Crippen molar-refractivity contribution in [1.29, 1.82) is 0 Å². The Labute approximate surface area is 263 Å². The fraction of sp³-hybridized carbons (Fsp3) is 0.0294. The monoisotopic (exact) mass is 667 g/mol. The van der Waals surface area contributed by atoms with Crippen LogP contribution in [0.4, 0.5) is 0 Å². The molecule has 0 aliphatic rings. The molecule has 210 valence electrons. The lowest BCUT2D eigenvalue weighted by Gasteiger charge is -2.14. The van der Waals surface area contributed by atoms with E-state index in [0.717, 1.165) is 21.7 Å². The Bertz CT molecular complexity index is 2270. The first-order valence-corrected chi connectivity index (χ1v) is 14.8. The first-order valence-electron chi connectivity index (χ1n) is 13.3. The van der Waals surface area contributed by atoms with Crippen LogP contribution in [0.5, 0.6) is 5.75 Å². The second-order valence-corrected chi connectivity index (χ2v) is 11.6. The highest BCUT2D eigenvalue weighted by molar-refractivity contribution is 9.10. The normalized spacial score (nSPS) is 11.7. The van der Waals surface area contributed by atoms with Gasteiger partial charge >= 0.3 is 0 Å². The smallest absolute Gasteiger partial charge is 0.282 e. The van der Waals surface area contributed by atoms with Crippen molar-refractivity contribution in [3.8, 4) is 17.3 Å². The number of nitrogens with zero attached hydrogens (tertiary/aromatic N) is 3. The number of hydrogen-bond acceptors (Lipinski definition) is 5. The zero-order chi connectivity index (χ0) is 29.5. The highest BCUT2D eigenvalue weighted by Gasteiger charge is 2.17. The molecular formula is C34H20BrCl2N3O3. The van der Waals surface area contributed by atoms with E-state index in [9.17, 15) is 4.79 Å². The molecule has 0 saturated heterocycles. The summed E-state index contributed by atoms with van der Waals surface area (Å²) in [6.45, 7) is 0.312. The summed E-state index contributed by atoms with van der Waals surface area (Å²) in [6, 6.07) is 32.0. The first kappa shape index (κ1) is 27.4. The summed E-state index contributed by atoms with van der Waals surface area (Å²) in [6.07, 6.45) is 1.54. The van der Waals surface area contributed by atoms with Crippen molar-refractivity contribution in [2.75, 3.05) is 0 Å². The zero-order valence-corrected chi connectivity index (χ0v) is 25.4. The van der Waals surface area contributed by atoms with Crippen LogP contribution in [0.25, 0.3) is 44.2 Å². The maximum Gasteiger partial charge on any atom is 0.282 e. The Morgan fingerprint density at radius 2 is 1.65 bits per heavy atom. The number of rotatable bonds is 6. The Hall–Kier alpha value is -4.43. The topological polar surface area (TPSA) is 69.6 Å². The number of hydrogen-bond donors (Lipinski definition) is 0. The summed E-state index contributed by atoms with van der Waals surface area (Å²) in [4.78, 5) is 18.5. The van der Waals surface area contributed by atoms with Crippen molar-refractivity contribution in [2.24, 2.45) is 5.10 Å². The van der Waals surface area contributed by atoms with E-state index >= 15 is 0 Å². The lowest BCUT2D eigenvalue weighted by atomic mass is 10.1. The van der Waals surface area contributed by atoms with Gasteiger partial charge in [-0.05, 0) is 80.8 Å². The first-order chi connectivity index (χ1) is 20.9. The lowest BCUT2D eigenvalue weighted by molar-refractivity contribution is 0.305. The summed E-state index contributed by atoms with van der Waals surface area (Å²) in [5.74, 6) is 1.14. The molecule has 0 bridgehead atoms. The van der Waals surface area contributed by atoms with Crippen LogP contribution in [0.1, 0.15) is 11.1 Å². The second kappa shape index (κ2) is 11.3. The predicted molar refractivity (Wildman–Crippen MR) is 177 cm³/mol. The number of halogens is 3. The van der Waals surface area contributed by atoms with E-state index in [0.29, 0.717) is 54.7 Å². The summed E-state index contributed by atoms with van der Waals surface area (Å²) in [5, 5.41) is 9.09. The molecular weight excluding hydrogens is 649 g/mol. The van der Waals surface area contributed by atoms with Crippen molar-refractivity contribution in [2.45, 2.75) is 6.61 Å². The molecule has 0 spiro atoms. The molecule has 43 heavy (non-hydrogen) atoms. The Morgan fingerprint density at radius 3 is 2.53 bits per heavy atom. The molecule has 0 amide bonds. The zero-order valence-electron chi connectivity index (χ0n) is 22.3. The molecule has 9 heteroatoms. The number of para-hydroxylation sites is 1. The van der Waals surface area contributed by atoms with Gasteiger partial charge in [-0.3, -0.25) is 4.79 Å². The fourth-order valence-electron chi connectivity index (χ4n) is 5.03. The van der Waals surface area contributed by atoms with Gasteiger partial charge in [-0.25, -0.2) is 4.98 Å². The molecule has 6 nitrogen and oxygen atoms in total. The molecule has 7 rings (SSSR count). The van der Waals surface area contributed by atoms with E-state index < -0.39 is 0 Å². The van der Waals surface area contributed by atoms with Gasteiger partial charge in [0.2, 0.25) is 5.82 Å². The van der Waals surface area contributed by atoms with E-state index in [1.54, 1.807) is 54.6 Å². The third kappa shape index (κ3) is 5.31. The molecule has 0 aliphatic carbocycles. The van der Waals surface area contributed by atoms with Gasteiger partial charge in [-0.15, -0.1) is 0 Å². The average Bonchev–Trinajstić information content (AvgIpc) is 3.43. The summed E-state index contributed by atoms with van der Waals surface area (Å²) < 4.78 is 14.3. The van der Waals surface area contributed by atoms with Crippen molar-refractivity contribution in [3.05, 3.63) is 139 Å². The maximum absolute atomic E-state index is 13.7. The van der Waals surface area contributed by atoms with Gasteiger partial charge in [0.1, 0.15) is 17.9 Å². The molecule has 2 heterocycles. The van der Waals surface area contributed by atoms with Crippen LogP contribution in [0.15, 0.2) is 122 Å². The third-order valence-electron chi connectivity index (χ3n) is 7.05. The number of furan rings is 1. The van der Waals surface area contributed by atoms with Crippen LogP contribution in [-0.4, -0.2) is 15.9 Å². The quantitative estimate of drug-likeness (QED) is 0.166. The Morgan fingerprint density at radius 1 is 0.860 bits per heavy atom. The number of aromatic nitrogens is 2. The van der Waals surface area contributed by atoms with E-state index in [4.69, 9.17) is 37.3 Å². The molecule has 0 saturated carbocycles. The maximum atomic E-state index is 13.7. The van der Waals surface area contributed by atoms with Gasteiger partial charge in [0.15, 0.2) is 5.76 Å². The minimum atomic E-state index is -0.352. The molecule has 0 fully saturated rings. The largest absolute Gasteiger partial charge is 0.487 e. The highest BCUT2D eigenvalue weighted by Crippen LogP contribution is 2.34. The average molecular weight is 669 g/mol.